The maximum Gasteiger partial charge on any atom is 0.262 e. The molecule has 33 heavy (non-hydrogen) atoms. The summed E-state index contributed by atoms with van der Waals surface area (Å²) >= 11 is 0. The number of ether oxygens (including phenoxy) is 3. The molecule has 1 aromatic carbocycles. The minimum atomic E-state index is -0.240. The van der Waals surface area contributed by atoms with Gasteiger partial charge in [-0.05, 0) is 31.4 Å². The molecule has 0 atom stereocenters. The zero-order chi connectivity index (χ0) is 23.2. The maximum atomic E-state index is 13.0. The molecule has 1 aliphatic carbocycles. The number of hydrogen-bond donors (Lipinski definition) is 1. The van der Waals surface area contributed by atoms with Gasteiger partial charge in [-0.15, -0.1) is 0 Å². The van der Waals surface area contributed by atoms with Crippen molar-refractivity contribution in [3.05, 3.63) is 22.5 Å². The molecular formula is C24H34N4O5. The van der Waals surface area contributed by atoms with Crippen LogP contribution in [0.25, 0.3) is 10.9 Å². The number of carbonyl (C=O) groups excluding carboxylic acids is 1. The first-order valence-corrected chi connectivity index (χ1v) is 11.9. The summed E-state index contributed by atoms with van der Waals surface area (Å²) < 4.78 is 18.4. The molecule has 0 spiro atoms. The van der Waals surface area contributed by atoms with E-state index < -0.39 is 0 Å². The number of carbonyl (C=O) groups is 1. The van der Waals surface area contributed by atoms with Crippen LogP contribution < -0.4 is 20.3 Å². The third-order valence-corrected chi connectivity index (χ3v) is 6.56. The van der Waals surface area contributed by atoms with Gasteiger partial charge in [0.2, 0.25) is 11.9 Å². The van der Waals surface area contributed by atoms with E-state index in [2.05, 4.69) is 15.2 Å². The highest BCUT2D eigenvalue weighted by atomic mass is 16.5. The fourth-order valence-electron chi connectivity index (χ4n) is 4.59. The van der Waals surface area contributed by atoms with E-state index >= 15 is 0 Å². The van der Waals surface area contributed by atoms with Gasteiger partial charge in [0, 0.05) is 32.6 Å². The molecule has 1 aromatic heterocycles. The zero-order valence-corrected chi connectivity index (χ0v) is 19.6. The third-order valence-electron chi connectivity index (χ3n) is 6.56. The molecule has 1 N–H and O–H groups in total. The Morgan fingerprint density at radius 3 is 2.70 bits per heavy atom. The van der Waals surface area contributed by atoms with Crippen LogP contribution in [-0.2, 0) is 16.6 Å². The lowest BCUT2D eigenvalue weighted by atomic mass is 9.89. The van der Waals surface area contributed by atoms with Gasteiger partial charge in [0.25, 0.3) is 5.56 Å². The smallest absolute Gasteiger partial charge is 0.262 e. The van der Waals surface area contributed by atoms with Gasteiger partial charge in [0.15, 0.2) is 11.5 Å². The van der Waals surface area contributed by atoms with Crippen LogP contribution in [-0.4, -0.2) is 66.9 Å². The summed E-state index contributed by atoms with van der Waals surface area (Å²) in [7, 11) is 3.16. The minimum absolute atomic E-state index is 0.0330. The van der Waals surface area contributed by atoms with Gasteiger partial charge in [-0.2, -0.15) is 0 Å². The van der Waals surface area contributed by atoms with Crippen LogP contribution in [0, 0.1) is 5.92 Å². The van der Waals surface area contributed by atoms with Gasteiger partial charge in [-0.25, -0.2) is 4.98 Å². The van der Waals surface area contributed by atoms with E-state index in [4.69, 9.17) is 14.2 Å². The number of amides is 1. The van der Waals surface area contributed by atoms with Gasteiger partial charge < -0.3 is 14.2 Å². The molecule has 180 valence electrons. The van der Waals surface area contributed by atoms with Crippen LogP contribution in [0.3, 0.4) is 0 Å². The lowest BCUT2D eigenvalue weighted by Gasteiger charge is -2.26. The van der Waals surface area contributed by atoms with Crippen molar-refractivity contribution in [3.63, 3.8) is 0 Å². The van der Waals surface area contributed by atoms with Crippen LogP contribution in [0.2, 0.25) is 0 Å². The van der Waals surface area contributed by atoms with Crippen molar-refractivity contribution in [1.29, 1.82) is 0 Å². The topological polar surface area (TPSA) is 94.9 Å². The van der Waals surface area contributed by atoms with Crippen molar-refractivity contribution >= 4 is 22.8 Å². The fourth-order valence-corrected chi connectivity index (χ4v) is 4.59. The van der Waals surface area contributed by atoms with Gasteiger partial charge in [0.05, 0.1) is 32.3 Å². The predicted molar refractivity (Wildman–Crippen MR) is 126 cm³/mol. The van der Waals surface area contributed by atoms with Crippen molar-refractivity contribution in [2.24, 2.45) is 13.0 Å². The summed E-state index contributed by atoms with van der Waals surface area (Å²) in [4.78, 5) is 32.7. The van der Waals surface area contributed by atoms with Gasteiger partial charge >= 0.3 is 0 Å². The molecule has 2 aromatic rings. The Morgan fingerprint density at radius 1 is 1.21 bits per heavy atom. The van der Waals surface area contributed by atoms with Gasteiger partial charge in [-0.1, -0.05) is 19.3 Å². The highest BCUT2D eigenvalue weighted by Gasteiger charge is 2.23. The molecule has 2 aliphatic rings. The number of morpholine rings is 1. The Morgan fingerprint density at radius 2 is 1.97 bits per heavy atom. The predicted octanol–water partition coefficient (Wildman–Crippen LogP) is 2.56. The number of hydrogen-bond acceptors (Lipinski definition) is 7. The highest BCUT2D eigenvalue weighted by molar-refractivity contribution is 5.93. The molecule has 2 heterocycles. The number of rotatable bonds is 8. The number of nitrogens with zero attached hydrogens (tertiary/aromatic N) is 3. The van der Waals surface area contributed by atoms with Crippen LogP contribution in [0.4, 0.5) is 5.95 Å². The standard InChI is InChI=1S/C24H34N4O5/c1-27-23(30)18-9-10-19(33-14-6-11-28-12-15-32-16-13-28)21(31-2)20(18)25-24(27)26-22(29)17-7-4-3-5-8-17/h9-10,17H,3-8,11-16H2,1-2H3,(H,25,26,29). The van der Waals surface area contributed by atoms with Crippen LogP contribution in [0.1, 0.15) is 38.5 Å². The zero-order valence-electron chi connectivity index (χ0n) is 19.6. The molecular weight excluding hydrogens is 424 g/mol. The maximum absolute atomic E-state index is 13.0. The van der Waals surface area contributed by atoms with E-state index in [1.54, 1.807) is 19.2 Å². The second kappa shape index (κ2) is 11.0. The van der Waals surface area contributed by atoms with Gasteiger partial charge in [0.1, 0.15) is 5.52 Å². The number of benzene rings is 1. The summed E-state index contributed by atoms with van der Waals surface area (Å²) in [6.45, 7) is 4.91. The number of fused-ring (bicyclic) bond motifs is 1. The summed E-state index contributed by atoms with van der Waals surface area (Å²) in [5, 5.41) is 3.30. The minimum Gasteiger partial charge on any atom is -0.491 e. The fraction of sp³-hybridized carbons (Fsp3) is 0.625. The quantitative estimate of drug-likeness (QED) is 0.608. The Labute approximate surface area is 194 Å². The number of methoxy groups -OCH3 is 1. The van der Waals surface area contributed by atoms with Gasteiger partial charge in [-0.3, -0.25) is 24.4 Å². The first-order chi connectivity index (χ1) is 16.1. The molecule has 9 nitrogen and oxygen atoms in total. The van der Waals surface area contributed by atoms with Crippen molar-refractivity contribution in [1.82, 2.24) is 14.5 Å². The lowest BCUT2D eigenvalue weighted by Crippen LogP contribution is -2.37. The number of aromatic nitrogens is 2. The summed E-state index contributed by atoms with van der Waals surface area (Å²) in [6, 6.07) is 3.45. The van der Waals surface area contributed by atoms with Crippen LogP contribution in [0.5, 0.6) is 11.5 Å². The largest absolute Gasteiger partial charge is 0.491 e. The van der Waals surface area contributed by atoms with E-state index in [1.165, 1.54) is 18.1 Å². The average Bonchev–Trinajstić information content (AvgIpc) is 2.85. The number of anilines is 1. The number of nitrogens with one attached hydrogen (secondary N) is 1. The van der Waals surface area contributed by atoms with Crippen molar-refractivity contribution in [3.8, 4) is 11.5 Å². The monoisotopic (exact) mass is 458 g/mol. The first kappa shape index (κ1) is 23.5. The Bertz CT molecular complexity index is 1030. The molecule has 2 fully saturated rings. The Balaban J connectivity index is 1.51. The SMILES string of the molecule is COc1c(OCCCN2CCOCC2)ccc2c(=O)n(C)c(NC(=O)C3CCCCC3)nc12. The van der Waals surface area contributed by atoms with E-state index in [1.807, 2.05) is 0 Å². The molecule has 0 bridgehead atoms. The van der Waals surface area contributed by atoms with E-state index in [0.717, 1.165) is 65.0 Å². The molecule has 1 amide bonds. The molecule has 0 radical (unpaired) electrons. The van der Waals surface area contributed by atoms with E-state index in [-0.39, 0.29) is 23.3 Å². The molecule has 1 aliphatic heterocycles. The molecule has 1 saturated heterocycles. The average molecular weight is 459 g/mol. The highest BCUT2D eigenvalue weighted by Crippen LogP contribution is 2.34. The van der Waals surface area contributed by atoms with E-state index in [9.17, 15) is 9.59 Å². The van der Waals surface area contributed by atoms with Crippen molar-refractivity contribution in [2.75, 3.05) is 51.9 Å². The lowest BCUT2D eigenvalue weighted by molar-refractivity contribution is -0.120. The molecule has 9 heteroatoms. The Hall–Kier alpha value is -2.65. The van der Waals surface area contributed by atoms with Crippen molar-refractivity contribution < 1.29 is 19.0 Å². The first-order valence-electron chi connectivity index (χ1n) is 11.9. The normalized spacial score (nSPS) is 17.8. The molecule has 0 unspecified atom stereocenters. The summed E-state index contributed by atoms with van der Waals surface area (Å²) in [6.07, 6.45) is 5.90. The second-order valence-corrected chi connectivity index (χ2v) is 8.77. The van der Waals surface area contributed by atoms with Crippen LogP contribution >= 0.6 is 0 Å². The summed E-state index contributed by atoms with van der Waals surface area (Å²) in [5.74, 6) is 1.06. The molecule has 4 rings (SSSR count). The second-order valence-electron chi connectivity index (χ2n) is 8.77. The summed E-state index contributed by atoms with van der Waals surface area (Å²) in [5.41, 5.74) is 0.154. The Kier molecular flexibility index (Phi) is 7.82. The van der Waals surface area contributed by atoms with Crippen LogP contribution in [0.15, 0.2) is 16.9 Å². The van der Waals surface area contributed by atoms with E-state index in [0.29, 0.717) is 29.0 Å². The third kappa shape index (κ3) is 5.47. The van der Waals surface area contributed by atoms with Crippen molar-refractivity contribution in [2.45, 2.75) is 38.5 Å². The molecule has 1 saturated carbocycles.